The van der Waals surface area contributed by atoms with Crippen LogP contribution in [0.15, 0.2) is 53.4 Å². The molecular formula is C13H11ClINO2S. The summed E-state index contributed by atoms with van der Waals surface area (Å²) in [6.45, 7) is 0.217. The largest absolute Gasteiger partial charge is 0.240 e. The topological polar surface area (TPSA) is 46.2 Å². The minimum Gasteiger partial charge on any atom is -0.207 e. The molecule has 3 nitrogen and oxygen atoms in total. The Morgan fingerprint density at radius 2 is 1.79 bits per heavy atom. The van der Waals surface area contributed by atoms with Crippen molar-refractivity contribution in [3.05, 3.63) is 62.7 Å². The van der Waals surface area contributed by atoms with Crippen molar-refractivity contribution in [3.8, 4) is 0 Å². The predicted molar refractivity (Wildman–Crippen MR) is 84.6 cm³/mol. The predicted octanol–water partition coefficient (Wildman–Crippen LogP) is 3.42. The summed E-state index contributed by atoms with van der Waals surface area (Å²) < 4.78 is 27.7. The Morgan fingerprint density at radius 3 is 2.42 bits per heavy atom. The molecule has 2 rings (SSSR count). The van der Waals surface area contributed by atoms with Gasteiger partial charge in [-0.05, 0) is 64.6 Å². The Bertz CT molecular complexity index is 671. The van der Waals surface area contributed by atoms with Gasteiger partial charge in [0.25, 0.3) is 0 Å². The molecule has 0 heterocycles. The summed E-state index contributed by atoms with van der Waals surface area (Å²) in [5, 5.41) is 0.589. The molecule has 6 heteroatoms. The SMILES string of the molecule is O=S(=O)(NCc1cccc(Cl)c1)c1ccc(I)cc1. The minimum atomic E-state index is -3.48. The highest BCUT2D eigenvalue weighted by Gasteiger charge is 2.13. The lowest BCUT2D eigenvalue weighted by atomic mass is 10.2. The fourth-order valence-corrected chi connectivity index (χ4v) is 3.11. The quantitative estimate of drug-likeness (QED) is 0.790. The molecule has 0 atom stereocenters. The third-order valence-electron chi connectivity index (χ3n) is 2.48. The molecule has 2 aromatic carbocycles. The number of nitrogens with one attached hydrogen (secondary N) is 1. The Hall–Kier alpha value is -0.630. The molecule has 0 aromatic heterocycles. The van der Waals surface area contributed by atoms with Crippen molar-refractivity contribution in [1.29, 1.82) is 0 Å². The standard InChI is InChI=1S/C13H11ClINO2S/c14-11-3-1-2-10(8-11)9-16-19(17,18)13-6-4-12(15)5-7-13/h1-8,16H,9H2. The second-order valence-corrected chi connectivity index (χ2v) is 7.36. The van der Waals surface area contributed by atoms with Crippen molar-refractivity contribution in [2.75, 3.05) is 0 Å². The molecule has 0 unspecified atom stereocenters. The summed E-state index contributed by atoms with van der Waals surface area (Å²) in [6, 6.07) is 13.8. The van der Waals surface area contributed by atoms with Crippen LogP contribution in [0.3, 0.4) is 0 Å². The van der Waals surface area contributed by atoms with E-state index in [9.17, 15) is 8.42 Å². The zero-order valence-electron chi connectivity index (χ0n) is 9.81. The van der Waals surface area contributed by atoms with Gasteiger partial charge >= 0.3 is 0 Å². The van der Waals surface area contributed by atoms with E-state index in [1.807, 2.05) is 6.07 Å². The van der Waals surface area contributed by atoms with Gasteiger partial charge in [-0.3, -0.25) is 0 Å². The molecule has 0 aliphatic heterocycles. The number of hydrogen-bond acceptors (Lipinski definition) is 2. The van der Waals surface area contributed by atoms with Crippen LogP contribution in [0, 0.1) is 3.57 Å². The molecule has 0 radical (unpaired) electrons. The lowest BCUT2D eigenvalue weighted by Crippen LogP contribution is -2.23. The molecule has 1 N–H and O–H groups in total. The van der Waals surface area contributed by atoms with Crippen LogP contribution in [0.4, 0.5) is 0 Å². The Labute approximate surface area is 131 Å². The van der Waals surface area contributed by atoms with Crippen LogP contribution in [0.5, 0.6) is 0 Å². The van der Waals surface area contributed by atoms with Gasteiger partial charge in [-0.15, -0.1) is 0 Å². The summed E-state index contributed by atoms with van der Waals surface area (Å²) in [6.07, 6.45) is 0. The highest BCUT2D eigenvalue weighted by Crippen LogP contribution is 2.14. The molecule has 0 amide bonds. The van der Waals surface area contributed by atoms with Gasteiger partial charge in [-0.25, -0.2) is 13.1 Å². The number of sulfonamides is 1. The molecule has 2 aromatic rings. The van der Waals surface area contributed by atoms with Crippen LogP contribution >= 0.6 is 34.2 Å². The van der Waals surface area contributed by atoms with Crippen LogP contribution in [-0.4, -0.2) is 8.42 Å². The second kappa shape index (κ2) is 6.21. The molecule has 0 bridgehead atoms. The van der Waals surface area contributed by atoms with E-state index in [2.05, 4.69) is 27.3 Å². The van der Waals surface area contributed by atoms with Crippen LogP contribution in [0.1, 0.15) is 5.56 Å². The first-order valence-corrected chi connectivity index (χ1v) is 8.41. The molecular weight excluding hydrogens is 397 g/mol. The minimum absolute atomic E-state index is 0.217. The van der Waals surface area contributed by atoms with Crippen molar-refractivity contribution in [3.63, 3.8) is 0 Å². The first kappa shape index (κ1) is 14.8. The van der Waals surface area contributed by atoms with Gasteiger partial charge in [0.2, 0.25) is 10.0 Å². The Balaban J connectivity index is 2.12. The highest BCUT2D eigenvalue weighted by molar-refractivity contribution is 14.1. The monoisotopic (exact) mass is 407 g/mol. The van der Waals surface area contributed by atoms with E-state index < -0.39 is 10.0 Å². The smallest absolute Gasteiger partial charge is 0.207 e. The molecule has 0 aliphatic rings. The molecule has 19 heavy (non-hydrogen) atoms. The fourth-order valence-electron chi connectivity index (χ4n) is 1.52. The summed E-state index contributed by atoms with van der Waals surface area (Å²) >= 11 is 7.98. The second-order valence-electron chi connectivity index (χ2n) is 3.91. The third-order valence-corrected chi connectivity index (χ3v) is 4.85. The van der Waals surface area contributed by atoms with Gasteiger partial charge in [-0.2, -0.15) is 0 Å². The maximum Gasteiger partial charge on any atom is 0.240 e. The molecule has 0 saturated heterocycles. The van der Waals surface area contributed by atoms with Crippen molar-refractivity contribution < 1.29 is 8.42 Å². The maximum absolute atomic E-state index is 12.1. The average Bonchev–Trinajstić information content (AvgIpc) is 2.37. The van der Waals surface area contributed by atoms with Gasteiger partial charge in [-0.1, -0.05) is 23.7 Å². The van der Waals surface area contributed by atoms with Gasteiger partial charge in [0.05, 0.1) is 4.90 Å². The molecule has 0 aliphatic carbocycles. The highest BCUT2D eigenvalue weighted by atomic mass is 127. The first-order chi connectivity index (χ1) is 8.97. The maximum atomic E-state index is 12.1. The lowest BCUT2D eigenvalue weighted by Gasteiger charge is -2.07. The van der Waals surface area contributed by atoms with Gasteiger partial charge in [0.15, 0.2) is 0 Å². The van der Waals surface area contributed by atoms with Crippen molar-refractivity contribution >= 4 is 44.2 Å². The van der Waals surface area contributed by atoms with Gasteiger partial charge in [0.1, 0.15) is 0 Å². The van der Waals surface area contributed by atoms with Crippen LogP contribution in [-0.2, 0) is 16.6 Å². The van der Waals surface area contributed by atoms with E-state index >= 15 is 0 Å². The molecule has 0 fully saturated rings. The van der Waals surface area contributed by atoms with Crippen LogP contribution < -0.4 is 4.72 Å². The summed E-state index contributed by atoms with van der Waals surface area (Å²) in [4.78, 5) is 0.259. The van der Waals surface area contributed by atoms with Crippen LogP contribution in [0.25, 0.3) is 0 Å². The van der Waals surface area contributed by atoms with E-state index in [1.165, 1.54) is 0 Å². The number of benzene rings is 2. The van der Waals surface area contributed by atoms with Crippen molar-refractivity contribution in [2.45, 2.75) is 11.4 Å². The van der Waals surface area contributed by atoms with E-state index in [0.717, 1.165) is 9.13 Å². The summed E-state index contributed by atoms with van der Waals surface area (Å²) in [5.74, 6) is 0. The van der Waals surface area contributed by atoms with E-state index in [-0.39, 0.29) is 11.4 Å². The van der Waals surface area contributed by atoms with Crippen LogP contribution in [0.2, 0.25) is 5.02 Å². The molecule has 100 valence electrons. The summed E-state index contributed by atoms with van der Waals surface area (Å²) in [5.41, 5.74) is 0.821. The van der Waals surface area contributed by atoms with E-state index in [1.54, 1.807) is 42.5 Å². The third kappa shape index (κ3) is 4.17. The van der Waals surface area contributed by atoms with Gasteiger partial charge < -0.3 is 0 Å². The normalized spacial score (nSPS) is 11.5. The van der Waals surface area contributed by atoms with Crippen molar-refractivity contribution in [1.82, 2.24) is 4.72 Å². The first-order valence-electron chi connectivity index (χ1n) is 5.47. The van der Waals surface area contributed by atoms with Gasteiger partial charge in [0, 0.05) is 15.1 Å². The lowest BCUT2D eigenvalue weighted by molar-refractivity contribution is 0.581. The fraction of sp³-hybridized carbons (Fsp3) is 0.0769. The zero-order chi connectivity index (χ0) is 13.9. The molecule has 0 spiro atoms. The number of halogens is 2. The number of hydrogen-bond donors (Lipinski definition) is 1. The Kier molecular flexibility index (Phi) is 4.83. The number of rotatable bonds is 4. The molecule has 0 saturated carbocycles. The Morgan fingerprint density at radius 1 is 1.11 bits per heavy atom. The summed E-state index contributed by atoms with van der Waals surface area (Å²) in [7, 11) is -3.48. The van der Waals surface area contributed by atoms with Crippen molar-refractivity contribution in [2.24, 2.45) is 0 Å². The van der Waals surface area contributed by atoms with E-state index in [0.29, 0.717) is 5.02 Å². The average molecular weight is 408 g/mol. The van der Waals surface area contributed by atoms with E-state index in [4.69, 9.17) is 11.6 Å². The zero-order valence-corrected chi connectivity index (χ0v) is 13.5.